The molecule has 1 atom stereocenters. The second kappa shape index (κ2) is 16.9. The number of carbonyl (C=O) groups excluding carboxylic acids is 2. The van der Waals surface area contributed by atoms with Crippen molar-refractivity contribution < 1.29 is 33.7 Å². The van der Waals surface area contributed by atoms with Crippen LogP contribution in [0.5, 0.6) is 0 Å². The Morgan fingerprint density at radius 2 is 1.78 bits per heavy atom. The number of rotatable bonds is 16. The molecule has 1 aliphatic rings. The molecule has 1 aliphatic carbocycles. The van der Waals surface area contributed by atoms with Crippen molar-refractivity contribution in [3.05, 3.63) is 35.3 Å². The minimum absolute atomic E-state index is 0.0840. The van der Waals surface area contributed by atoms with Gasteiger partial charge in [-0.15, -0.1) is 0 Å². The molecule has 1 saturated carbocycles. The molecule has 0 heterocycles. The van der Waals surface area contributed by atoms with E-state index in [0.717, 1.165) is 44.9 Å². The largest absolute Gasteiger partial charge is 0.691 e. The maximum Gasteiger partial charge on any atom is 0.340 e. The van der Waals surface area contributed by atoms with Crippen molar-refractivity contribution in [3.8, 4) is 0 Å². The lowest BCUT2D eigenvalue weighted by Crippen LogP contribution is -2.20. The van der Waals surface area contributed by atoms with Crippen LogP contribution in [0.25, 0.3) is 0 Å². The topological polar surface area (TPSA) is 94.1 Å². The first-order chi connectivity index (χ1) is 15.5. The Bertz CT molecular complexity index is 638. The number of hydrogen-bond donors (Lipinski definition) is 0. The molecule has 0 aromatic heterocycles. The van der Waals surface area contributed by atoms with Crippen LogP contribution in [0.2, 0.25) is 0 Å². The van der Waals surface area contributed by atoms with Crippen LogP contribution in [0.15, 0.2) is 35.3 Å². The molecule has 0 spiro atoms. The molecule has 1 unspecified atom stereocenters. The van der Waals surface area contributed by atoms with Gasteiger partial charge in [0, 0.05) is 0 Å². The van der Waals surface area contributed by atoms with Gasteiger partial charge in [0.2, 0.25) is 0 Å². The van der Waals surface area contributed by atoms with E-state index in [1.165, 1.54) is 25.3 Å². The van der Waals surface area contributed by atoms with Crippen LogP contribution in [-0.2, 0) is 28.4 Å². The highest BCUT2D eigenvalue weighted by Gasteiger charge is 2.26. The van der Waals surface area contributed by atoms with Crippen molar-refractivity contribution in [1.29, 1.82) is 0 Å². The van der Waals surface area contributed by atoms with Crippen LogP contribution in [0.3, 0.4) is 0 Å². The van der Waals surface area contributed by atoms with Crippen molar-refractivity contribution in [2.45, 2.75) is 78.1 Å². The summed E-state index contributed by atoms with van der Waals surface area (Å²) < 4.78 is 15.1. The lowest BCUT2D eigenvalue weighted by atomic mass is 9.87. The predicted octanol–water partition coefficient (Wildman–Crippen LogP) is 5.13. The van der Waals surface area contributed by atoms with Gasteiger partial charge in [0.1, 0.15) is 0 Å². The van der Waals surface area contributed by atoms with Crippen molar-refractivity contribution in [3.63, 3.8) is 0 Å². The lowest BCUT2D eigenvalue weighted by Gasteiger charge is -2.21. The number of ether oxygens (including phenoxy) is 2. The summed E-state index contributed by atoms with van der Waals surface area (Å²) in [7, 11) is 0. The van der Waals surface area contributed by atoms with E-state index in [0.29, 0.717) is 23.9 Å². The summed E-state index contributed by atoms with van der Waals surface area (Å²) in [5.74, 6) is -0.449. The molecule has 0 bridgehead atoms. The SMILES string of the molecule is C=C/C(SOO[O-])=C(\C(=C)C(=O)OCCC1CCCCC1)C(=O)OCCC(CC)CCC. The third-order valence-electron chi connectivity index (χ3n) is 5.85. The molecule has 0 N–H and O–H groups in total. The Hall–Kier alpha value is -1.61. The molecule has 1 rings (SSSR count). The molecule has 182 valence electrons. The summed E-state index contributed by atoms with van der Waals surface area (Å²) in [5.41, 5.74) is -0.315. The molecule has 32 heavy (non-hydrogen) atoms. The van der Waals surface area contributed by atoms with E-state index >= 15 is 0 Å². The van der Waals surface area contributed by atoms with Gasteiger partial charge >= 0.3 is 11.9 Å². The molecule has 0 amide bonds. The van der Waals surface area contributed by atoms with Crippen molar-refractivity contribution in [2.75, 3.05) is 13.2 Å². The fraction of sp³-hybridized carbons (Fsp3) is 0.667. The van der Waals surface area contributed by atoms with E-state index in [9.17, 15) is 14.8 Å². The van der Waals surface area contributed by atoms with E-state index in [1.54, 1.807) is 0 Å². The molecular weight excluding hydrogens is 432 g/mol. The van der Waals surface area contributed by atoms with E-state index in [1.807, 2.05) is 0 Å². The monoisotopic (exact) mass is 469 g/mol. The fourth-order valence-corrected chi connectivity index (χ4v) is 4.39. The van der Waals surface area contributed by atoms with E-state index in [-0.39, 0.29) is 29.3 Å². The van der Waals surface area contributed by atoms with Crippen LogP contribution in [0.4, 0.5) is 0 Å². The Kier molecular flexibility index (Phi) is 15.1. The Balaban J connectivity index is 2.79. The first-order valence-electron chi connectivity index (χ1n) is 11.5. The van der Waals surface area contributed by atoms with Crippen LogP contribution < -0.4 is 5.26 Å². The minimum Gasteiger partial charge on any atom is -0.691 e. The summed E-state index contributed by atoms with van der Waals surface area (Å²) in [6.45, 7) is 12.0. The third-order valence-corrected chi connectivity index (χ3v) is 6.53. The first-order valence-corrected chi connectivity index (χ1v) is 12.3. The number of allylic oxidation sites excluding steroid dienone is 1. The zero-order valence-electron chi connectivity index (χ0n) is 19.4. The summed E-state index contributed by atoms with van der Waals surface area (Å²) >= 11 is 0.460. The smallest absolute Gasteiger partial charge is 0.340 e. The highest BCUT2D eigenvalue weighted by molar-refractivity contribution is 7.98. The van der Waals surface area contributed by atoms with E-state index in [2.05, 4.69) is 36.4 Å². The van der Waals surface area contributed by atoms with E-state index < -0.39 is 11.9 Å². The van der Waals surface area contributed by atoms with Gasteiger partial charge < -0.3 is 14.7 Å². The van der Waals surface area contributed by atoms with Crippen LogP contribution in [0.1, 0.15) is 78.1 Å². The normalized spacial score (nSPS) is 16.1. The summed E-state index contributed by atoms with van der Waals surface area (Å²) in [4.78, 5) is 25.5. The molecule has 0 aromatic rings. The van der Waals surface area contributed by atoms with Gasteiger partial charge in [-0.25, -0.2) is 9.59 Å². The molecule has 0 radical (unpaired) electrons. The molecule has 8 heteroatoms. The maximum absolute atomic E-state index is 12.8. The first kappa shape index (κ1) is 28.4. The van der Waals surface area contributed by atoms with Crippen LogP contribution >= 0.6 is 12.0 Å². The zero-order chi connectivity index (χ0) is 23.8. The molecule has 1 fully saturated rings. The van der Waals surface area contributed by atoms with Crippen molar-refractivity contribution in [1.82, 2.24) is 0 Å². The van der Waals surface area contributed by atoms with Gasteiger partial charge in [-0.05, 0) is 24.7 Å². The van der Waals surface area contributed by atoms with Gasteiger partial charge in [-0.3, -0.25) is 5.04 Å². The lowest BCUT2D eigenvalue weighted by molar-refractivity contribution is -0.777. The number of esters is 2. The standard InChI is InChI=1S/C24H38O7S/c1-5-11-19(6-2)14-16-29-24(26)22(21(7-3)32-31-30-27)18(4)23(25)28-17-15-20-12-9-8-10-13-20/h7,19-20,27H,3-6,8-17H2,1-2H3/p-1/b22-21-. The molecule has 0 saturated heterocycles. The highest BCUT2D eigenvalue weighted by atomic mass is 32.2. The summed E-state index contributed by atoms with van der Waals surface area (Å²) in [5, 5.41) is 13.6. The number of carbonyl (C=O) groups is 2. The van der Waals surface area contributed by atoms with Crippen molar-refractivity contribution in [2.24, 2.45) is 11.8 Å². The second-order valence-corrected chi connectivity index (χ2v) is 8.80. The number of hydrogen-bond acceptors (Lipinski definition) is 8. The summed E-state index contributed by atoms with van der Waals surface area (Å²) in [6, 6.07) is 0. The van der Waals surface area contributed by atoms with Gasteiger partial charge in [-0.2, -0.15) is 4.33 Å². The maximum atomic E-state index is 12.8. The average molecular weight is 470 g/mol. The average Bonchev–Trinajstić information content (AvgIpc) is 2.81. The fourth-order valence-electron chi connectivity index (χ4n) is 3.94. The van der Waals surface area contributed by atoms with Gasteiger partial charge in [0.15, 0.2) is 0 Å². The van der Waals surface area contributed by atoms with Gasteiger partial charge in [0.25, 0.3) is 0 Å². The second-order valence-electron chi connectivity index (χ2n) is 8.06. The molecule has 7 nitrogen and oxygen atoms in total. The van der Waals surface area contributed by atoms with Gasteiger partial charge in [-0.1, -0.05) is 84.4 Å². The third kappa shape index (κ3) is 10.3. The summed E-state index contributed by atoms with van der Waals surface area (Å²) in [6.07, 6.45) is 11.9. The zero-order valence-corrected chi connectivity index (χ0v) is 20.2. The quantitative estimate of drug-likeness (QED) is 0.0767. The molecular formula is C24H37O7S-. The Morgan fingerprint density at radius 1 is 1.09 bits per heavy atom. The minimum atomic E-state index is -0.748. The predicted molar refractivity (Wildman–Crippen MR) is 123 cm³/mol. The Labute approximate surface area is 196 Å². The van der Waals surface area contributed by atoms with Crippen LogP contribution in [0, 0.1) is 11.8 Å². The Morgan fingerprint density at radius 3 is 2.38 bits per heavy atom. The highest BCUT2D eigenvalue weighted by Crippen LogP contribution is 2.29. The van der Waals surface area contributed by atoms with E-state index in [4.69, 9.17) is 9.47 Å². The molecule has 0 aliphatic heterocycles. The molecule has 0 aromatic carbocycles. The van der Waals surface area contributed by atoms with Crippen LogP contribution in [-0.4, -0.2) is 25.2 Å². The van der Waals surface area contributed by atoms with Gasteiger partial charge in [0.05, 0.1) is 41.3 Å². The van der Waals surface area contributed by atoms with Crippen molar-refractivity contribution >= 4 is 24.0 Å².